The van der Waals surface area contributed by atoms with E-state index in [-0.39, 0.29) is 12.5 Å². The zero-order valence-electron chi connectivity index (χ0n) is 7.93. The summed E-state index contributed by atoms with van der Waals surface area (Å²) in [5, 5.41) is 1.14. The number of aromatic nitrogens is 1. The summed E-state index contributed by atoms with van der Waals surface area (Å²) in [4.78, 5) is 11.1. The molecule has 2 rings (SSSR count). The van der Waals surface area contributed by atoms with Gasteiger partial charge in [0.1, 0.15) is 6.54 Å². The fourth-order valence-corrected chi connectivity index (χ4v) is 1.48. The van der Waals surface area contributed by atoms with E-state index in [1.54, 1.807) is 0 Å². The molecule has 0 aliphatic rings. The molecule has 1 aromatic carbocycles. The van der Waals surface area contributed by atoms with E-state index in [2.05, 4.69) is 4.74 Å². The minimum Gasteiger partial charge on any atom is -0.468 e. The Hall–Kier alpha value is -1.77. The highest BCUT2D eigenvalue weighted by Gasteiger charge is 2.04. The number of methoxy groups -OCH3 is 1. The van der Waals surface area contributed by atoms with Gasteiger partial charge in [0, 0.05) is 11.7 Å². The molecule has 72 valence electrons. The molecule has 0 amide bonds. The van der Waals surface area contributed by atoms with Gasteiger partial charge >= 0.3 is 5.97 Å². The lowest BCUT2D eigenvalue weighted by Gasteiger charge is -2.02. The van der Waals surface area contributed by atoms with Crippen molar-refractivity contribution in [3.05, 3.63) is 36.5 Å². The first-order valence-electron chi connectivity index (χ1n) is 4.42. The van der Waals surface area contributed by atoms with Crippen molar-refractivity contribution >= 4 is 16.9 Å². The first kappa shape index (κ1) is 8.81. The maximum absolute atomic E-state index is 11.1. The van der Waals surface area contributed by atoms with Crippen LogP contribution in [0.2, 0.25) is 0 Å². The topological polar surface area (TPSA) is 31.2 Å². The first-order chi connectivity index (χ1) is 6.81. The Morgan fingerprint density at radius 2 is 2.14 bits per heavy atom. The number of esters is 1. The molecule has 0 unspecified atom stereocenters. The maximum atomic E-state index is 11.1. The van der Waals surface area contributed by atoms with Crippen molar-refractivity contribution in [1.82, 2.24) is 4.57 Å². The predicted octanol–water partition coefficient (Wildman–Crippen LogP) is 1.81. The van der Waals surface area contributed by atoms with Crippen LogP contribution in [0, 0.1) is 0 Å². The fourth-order valence-electron chi connectivity index (χ4n) is 1.48. The van der Waals surface area contributed by atoms with Gasteiger partial charge in [-0.15, -0.1) is 0 Å². The van der Waals surface area contributed by atoms with Gasteiger partial charge < -0.3 is 9.30 Å². The van der Waals surface area contributed by atoms with Gasteiger partial charge in [-0.1, -0.05) is 18.2 Å². The number of nitrogens with zero attached hydrogens (tertiary/aromatic N) is 1. The number of fused-ring (bicyclic) bond motifs is 1. The Morgan fingerprint density at radius 3 is 2.93 bits per heavy atom. The Balaban J connectivity index is 2.38. The first-order valence-corrected chi connectivity index (χ1v) is 4.42. The van der Waals surface area contributed by atoms with Crippen LogP contribution < -0.4 is 0 Å². The average Bonchev–Trinajstić information content (AvgIpc) is 2.62. The quantitative estimate of drug-likeness (QED) is 0.675. The SMILES string of the molecule is COC(=O)Cn1ccc2ccccc21. The van der Waals surface area contributed by atoms with Gasteiger partial charge in [0.15, 0.2) is 0 Å². The van der Waals surface area contributed by atoms with Gasteiger partial charge in [-0.3, -0.25) is 4.79 Å². The average molecular weight is 189 g/mol. The molecule has 0 radical (unpaired) electrons. The zero-order chi connectivity index (χ0) is 9.97. The minimum absolute atomic E-state index is 0.230. The molecule has 0 N–H and O–H groups in total. The lowest BCUT2D eigenvalue weighted by atomic mass is 10.2. The number of benzene rings is 1. The Labute approximate surface area is 81.9 Å². The molecule has 0 saturated heterocycles. The number of ether oxygens (including phenoxy) is 1. The molecule has 0 fully saturated rings. The van der Waals surface area contributed by atoms with Gasteiger partial charge in [0.25, 0.3) is 0 Å². The van der Waals surface area contributed by atoms with Crippen LogP contribution in [0.5, 0.6) is 0 Å². The second kappa shape index (κ2) is 3.54. The van der Waals surface area contributed by atoms with Crippen LogP contribution >= 0.6 is 0 Å². The standard InChI is InChI=1S/C11H11NO2/c1-14-11(13)8-12-7-6-9-4-2-3-5-10(9)12/h2-7H,8H2,1H3. The molecule has 0 aliphatic heterocycles. The highest BCUT2D eigenvalue weighted by molar-refractivity contribution is 5.81. The number of hydrogen-bond donors (Lipinski definition) is 0. The summed E-state index contributed by atoms with van der Waals surface area (Å²) >= 11 is 0. The van der Waals surface area contributed by atoms with Crippen molar-refractivity contribution in [3.8, 4) is 0 Å². The van der Waals surface area contributed by atoms with Crippen molar-refractivity contribution in [2.24, 2.45) is 0 Å². The Morgan fingerprint density at radius 1 is 1.36 bits per heavy atom. The molecular weight excluding hydrogens is 178 g/mol. The molecule has 0 aliphatic carbocycles. The van der Waals surface area contributed by atoms with E-state index in [4.69, 9.17) is 0 Å². The third-order valence-corrected chi connectivity index (χ3v) is 2.21. The molecule has 1 aromatic heterocycles. The van der Waals surface area contributed by atoms with Crippen LogP contribution in [0.1, 0.15) is 0 Å². The van der Waals surface area contributed by atoms with Crippen LogP contribution in [0.4, 0.5) is 0 Å². The zero-order valence-corrected chi connectivity index (χ0v) is 7.93. The largest absolute Gasteiger partial charge is 0.468 e. The highest BCUT2D eigenvalue weighted by atomic mass is 16.5. The Kier molecular flexibility index (Phi) is 2.23. The molecule has 2 aromatic rings. The van der Waals surface area contributed by atoms with E-state index in [0.29, 0.717) is 0 Å². The summed E-state index contributed by atoms with van der Waals surface area (Å²) in [6, 6.07) is 9.92. The summed E-state index contributed by atoms with van der Waals surface area (Å²) in [7, 11) is 1.40. The lowest BCUT2D eigenvalue weighted by molar-refractivity contribution is -0.141. The molecule has 3 heteroatoms. The summed E-state index contributed by atoms with van der Waals surface area (Å²) in [6.07, 6.45) is 1.89. The van der Waals surface area contributed by atoms with Gasteiger partial charge in [-0.25, -0.2) is 0 Å². The van der Waals surface area contributed by atoms with Crippen LogP contribution in [0.3, 0.4) is 0 Å². The normalized spacial score (nSPS) is 10.4. The molecule has 1 heterocycles. The predicted molar refractivity (Wildman–Crippen MR) is 54.0 cm³/mol. The van der Waals surface area contributed by atoms with Crippen molar-refractivity contribution in [2.45, 2.75) is 6.54 Å². The van der Waals surface area contributed by atoms with E-state index in [9.17, 15) is 4.79 Å². The van der Waals surface area contributed by atoms with Gasteiger partial charge in [-0.2, -0.15) is 0 Å². The maximum Gasteiger partial charge on any atom is 0.325 e. The highest BCUT2D eigenvalue weighted by Crippen LogP contribution is 2.14. The molecule has 14 heavy (non-hydrogen) atoms. The third kappa shape index (κ3) is 1.48. The molecule has 3 nitrogen and oxygen atoms in total. The monoisotopic (exact) mass is 189 g/mol. The second-order valence-corrected chi connectivity index (χ2v) is 3.08. The fraction of sp³-hybridized carbons (Fsp3) is 0.182. The molecule has 0 saturated carbocycles. The minimum atomic E-state index is -0.230. The molecular formula is C11H11NO2. The van der Waals surface area contributed by atoms with Crippen LogP contribution in [0.15, 0.2) is 36.5 Å². The second-order valence-electron chi connectivity index (χ2n) is 3.08. The van der Waals surface area contributed by atoms with Crippen molar-refractivity contribution in [1.29, 1.82) is 0 Å². The number of hydrogen-bond acceptors (Lipinski definition) is 2. The lowest BCUT2D eigenvalue weighted by Crippen LogP contribution is -2.10. The van der Waals surface area contributed by atoms with Gasteiger partial charge in [0.05, 0.1) is 7.11 Å². The van der Waals surface area contributed by atoms with Crippen molar-refractivity contribution < 1.29 is 9.53 Å². The number of para-hydroxylation sites is 1. The summed E-state index contributed by atoms with van der Waals surface area (Å²) < 4.78 is 6.49. The number of carbonyl (C=O) groups excluding carboxylic acids is 1. The summed E-state index contributed by atoms with van der Waals surface area (Å²) in [5.74, 6) is -0.230. The van der Waals surface area contributed by atoms with E-state index in [1.165, 1.54) is 7.11 Å². The van der Waals surface area contributed by atoms with E-state index >= 15 is 0 Å². The third-order valence-electron chi connectivity index (χ3n) is 2.21. The van der Waals surface area contributed by atoms with Gasteiger partial charge in [-0.05, 0) is 17.5 Å². The van der Waals surface area contributed by atoms with E-state index < -0.39 is 0 Å². The van der Waals surface area contributed by atoms with E-state index in [0.717, 1.165) is 10.9 Å². The van der Waals surface area contributed by atoms with Gasteiger partial charge in [0.2, 0.25) is 0 Å². The van der Waals surface area contributed by atoms with Crippen LogP contribution in [0.25, 0.3) is 10.9 Å². The smallest absolute Gasteiger partial charge is 0.325 e. The van der Waals surface area contributed by atoms with Crippen molar-refractivity contribution in [2.75, 3.05) is 7.11 Å². The van der Waals surface area contributed by atoms with Crippen molar-refractivity contribution in [3.63, 3.8) is 0 Å². The number of rotatable bonds is 2. The number of carbonyl (C=O) groups is 1. The summed E-state index contributed by atoms with van der Waals surface area (Å²) in [6.45, 7) is 0.268. The Bertz CT molecular complexity index is 459. The summed E-state index contributed by atoms with van der Waals surface area (Å²) in [5.41, 5.74) is 1.05. The van der Waals surface area contributed by atoms with Crippen LogP contribution in [-0.2, 0) is 16.1 Å². The van der Waals surface area contributed by atoms with Crippen LogP contribution in [-0.4, -0.2) is 17.6 Å². The molecule has 0 spiro atoms. The molecule has 0 atom stereocenters. The van der Waals surface area contributed by atoms with E-state index in [1.807, 2.05) is 41.1 Å². The molecule has 0 bridgehead atoms.